The van der Waals surface area contributed by atoms with Gasteiger partial charge in [0.05, 0.1) is 18.8 Å². The highest BCUT2D eigenvalue weighted by Crippen LogP contribution is 2.40. The van der Waals surface area contributed by atoms with Crippen molar-refractivity contribution in [2.45, 2.75) is 18.3 Å². The monoisotopic (exact) mass is 373 g/mol. The first-order valence-corrected chi connectivity index (χ1v) is 9.21. The number of aromatic nitrogens is 5. The summed E-state index contributed by atoms with van der Waals surface area (Å²) in [4.78, 5) is 4.95. The molecule has 8 heteroatoms. The van der Waals surface area contributed by atoms with Crippen molar-refractivity contribution in [1.82, 2.24) is 25.0 Å². The van der Waals surface area contributed by atoms with Gasteiger partial charge < -0.3 is 9.84 Å². The molecule has 140 valence electrons. The first kappa shape index (κ1) is 17.0. The summed E-state index contributed by atoms with van der Waals surface area (Å²) in [6.45, 7) is 0. The second-order valence-electron chi connectivity index (χ2n) is 7.70. The van der Waals surface area contributed by atoms with Crippen molar-refractivity contribution in [2.75, 3.05) is 7.11 Å². The quantitative estimate of drug-likeness (QED) is 0.531. The van der Waals surface area contributed by atoms with Crippen LogP contribution in [-0.2, 0) is 19.9 Å². The molecule has 1 unspecified atom stereocenters. The summed E-state index contributed by atoms with van der Waals surface area (Å²) in [6, 6.07) is 8.06. The highest BCUT2D eigenvalue weighted by Gasteiger charge is 2.33. The molecule has 0 saturated heterocycles. The van der Waals surface area contributed by atoms with Gasteiger partial charge in [0.1, 0.15) is 30.5 Å². The molecule has 0 spiro atoms. The van der Waals surface area contributed by atoms with E-state index in [2.05, 4.69) is 21.4 Å². The van der Waals surface area contributed by atoms with Crippen LogP contribution in [0.1, 0.15) is 11.1 Å². The third-order valence-electron chi connectivity index (χ3n) is 5.36. The summed E-state index contributed by atoms with van der Waals surface area (Å²) >= 11 is 0. The Morgan fingerprint density at radius 3 is 2.89 bits per heavy atom. The topological polar surface area (TPSA) is 88.9 Å². The Kier molecular flexibility index (Phi) is 3.61. The molecule has 0 bridgehead atoms. The number of hydrogen-bond acceptors (Lipinski definition) is 5. The van der Waals surface area contributed by atoms with Crippen LogP contribution in [0.2, 0.25) is 0 Å². The number of nitrogens with one attached hydrogen (secondary N) is 1. The van der Waals surface area contributed by atoms with Gasteiger partial charge in [0.2, 0.25) is 0 Å². The van der Waals surface area contributed by atoms with Gasteiger partial charge in [-0.05, 0) is 24.0 Å². The average molecular weight is 373 g/mol. The number of aliphatic hydroxyl groups is 1. The molecule has 3 aromatic heterocycles. The summed E-state index contributed by atoms with van der Waals surface area (Å²) in [5.74, 6) is 0.675. The Hall–Kier alpha value is -3.13. The van der Waals surface area contributed by atoms with Gasteiger partial charge in [0.25, 0.3) is 0 Å². The van der Waals surface area contributed by atoms with Gasteiger partial charge in [-0.15, -0.1) is 0 Å². The number of methoxy groups -OCH3 is 1. The van der Waals surface area contributed by atoms with Gasteiger partial charge in [-0.1, -0.05) is 18.2 Å². The normalized spacial score (nSPS) is 18.5. The molecule has 0 fully saturated rings. The fraction of sp³-hybridized carbons (Fsp3) is 0.250. The maximum atomic E-state index is 10.6. The van der Waals surface area contributed by atoms with Crippen molar-refractivity contribution >= 4 is 18.9 Å². The van der Waals surface area contributed by atoms with Crippen LogP contribution in [0.3, 0.4) is 0 Å². The zero-order valence-electron chi connectivity index (χ0n) is 16.0. The van der Waals surface area contributed by atoms with E-state index in [0.29, 0.717) is 18.6 Å². The third kappa shape index (κ3) is 2.60. The molecule has 1 atom stereocenters. The number of fused-ring (bicyclic) bond motifs is 2. The Morgan fingerprint density at radius 2 is 2.14 bits per heavy atom. The lowest BCUT2D eigenvalue weighted by Crippen LogP contribution is -2.29. The molecule has 1 aliphatic carbocycles. The van der Waals surface area contributed by atoms with Crippen LogP contribution >= 0.6 is 0 Å². The van der Waals surface area contributed by atoms with Crippen LogP contribution in [0.4, 0.5) is 0 Å². The number of aryl methyl sites for hydroxylation is 1. The van der Waals surface area contributed by atoms with Crippen molar-refractivity contribution in [3.63, 3.8) is 0 Å². The van der Waals surface area contributed by atoms with Gasteiger partial charge in [0.15, 0.2) is 0 Å². The van der Waals surface area contributed by atoms with Crippen molar-refractivity contribution in [3.05, 3.63) is 47.8 Å². The molecule has 0 saturated carbocycles. The average Bonchev–Trinajstić information content (AvgIpc) is 3.34. The van der Waals surface area contributed by atoms with Gasteiger partial charge in [-0.2, -0.15) is 10.2 Å². The first-order valence-electron chi connectivity index (χ1n) is 9.21. The third-order valence-corrected chi connectivity index (χ3v) is 5.36. The molecular formula is C20H20BN5O2. The van der Waals surface area contributed by atoms with E-state index < -0.39 is 5.50 Å². The van der Waals surface area contributed by atoms with E-state index in [1.807, 2.05) is 39.3 Å². The molecule has 0 amide bonds. The number of hydrogen-bond donors (Lipinski definition) is 2. The minimum atomic E-state index is -0.730. The Balaban J connectivity index is 1.74. The van der Waals surface area contributed by atoms with Crippen LogP contribution in [0.15, 0.2) is 36.7 Å². The number of H-pyrrole nitrogens is 1. The molecular weight excluding hydrogens is 353 g/mol. The lowest BCUT2D eigenvalue weighted by atomic mass is 9.79. The van der Waals surface area contributed by atoms with E-state index in [4.69, 9.17) is 9.72 Å². The number of ether oxygens (including phenoxy) is 1. The smallest absolute Gasteiger partial charge is 0.147 e. The maximum absolute atomic E-state index is 10.6. The van der Waals surface area contributed by atoms with E-state index in [9.17, 15) is 5.11 Å². The lowest BCUT2D eigenvalue weighted by molar-refractivity contribution is 0.140. The van der Waals surface area contributed by atoms with E-state index in [-0.39, 0.29) is 0 Å². The molecule has 1 aliphatic rings. The van der Waals surface area contributed by atoms with Crippen LogP contribution in [0.25, 0.3) is 33.5 Å². The highest BCUT2D eigenvalue weighted by atomic mass is 16.5. The fourth-order valence-corrected chi connectivity index (χ4v) is 4.11. The summed E-state index contributed by atoms with van der Waals surface area (Å²) < 4.78 is 7.39. The predicted molar refractivity (Wildman–Crippen MR) is 109 cm³/mol. The fourth-order valence-electron chi connectivity index (χ4n) is 4.11. The summed E-state index contributed by atoms with van der Waals surface area (Å²) in [5.41, 5.74) is 6.54. The molecule has 3 heterocycles. The predicted octanol–water partition coefficient (Wildman–Crippen LogP) is 1.45. The van der Waals surface area contributed by atoms with Gasteiger partial charge in [-0.3, -0.25) is 9.78 Å². The van der Waals surface area contributed by atoms with Crippen molar-refractivity contribution in [2.24, 2.45) is 7.05 Å². The standard InChI is InChI=1S/C20H20BN5O2/c1-26-10-12(9-22-26)17-19-15(24-25-17)6-16(28-2)18(23-19)13-5-3-4-11-7-20(21,27)8-14(11)13/h3-6,9-10,27H,7-8,21H2,1-2H3,(H,24,25). The zero-order chi connectivity index (χ0) is 19.5. The second kappa shape index (κ2) is 5.94. The Labute approximate surface area is 162 Å². The molecule has 28 heavy (non-hydrogen) atoms. The highest BCUT2D eigenvalue weighted by molar-refractivity contribution is 6.15. The molecule has 0 radical (unpaired) electrons. The zero-order valence-corrected chi connectivity index (χ0v) is 16.0. The summed E-state index contributed by atoms with van der Waals surface area (Å²) in [7, 11) is 5.39. The lowest BCUT2D eigenvalue weighted by Gasteiger charge is -2.15. The maximum Gasteiger partial charge on any atom is 0.147 e. The van der Waals surface area contributed by atoms with Crippen LogP contribution in [-0.4, -0.2) is 50.5 Å². The van der Waals surface area contributed by atoms with Gasteiger partial charge in [-0.25, -0.2) is 4.98 Å². The number of benzene rings is 1. The van der Waals surface area contributed by atoms with E-state index in [1.54, 1.807) is 18.0 Å². The molecule has 0 aliphatic heterocycles. The first-order chi connectivity index (χ1) is 13.4. The van der Waals surface area contributed by atoms with E-state index in [1.165, 1.54) is 0 Å². The largest absolute Gasteiger partial charge is 0.494 e. The van der Waals surface area contributed by atoms with Crippen LogP contribution in [0.5, 0.6) is 5.75 Å². The second-order valence-corrected chi connectivity index (χ2v) is 7.70. The van der Waals surface area contributed by atoms with Crippen molar-refractivity contribution in [1.29, 1.82) is 0 Å². The Morgan fingerprint density at radius 1 is 1.29 bits per heavy atom. The van der Waals surface area contributed by atoms with Crippen molar-refractivity contribution in [3.8, 4) is 28.3 Å². The van der Waals surface area contributed by atoms with Crippen molar-refractivity contribution < 1.29 is 9.84 Å². The van der Waals surface area contributed by atoms with Crippen LogP contribution < -0.4 is 4.74 Å². The van der Waals surface area contributed by atoms with E-state index in [0.717, 1.165) is 44.7 Å². The Bertz CT molecular complexity index is 1210. The number of rotatable bonds is 3. The van der Waals surface area contributed by atoms with Gasteiger partial charge in [0, 0.05) is 35.9 Å². The molecule has 5 rings (SSSR count). The minimum absolute atomic E-state index is 0.599. The molecule has 4 aromatic rings. The SMILES string of the molecule is BC1(O)Cc2cccc(-c3nc4c(-c5cnn(C)c5)n[nH]c4cc3OC)c2C1. The number of aromatic amines is 1. The molecule has 7 nitrogen and oxygen atoms in total. The minimum Gasteiger partial charge on any atom is -0.494 e. The van der Waals surface area contributed by atoms with Crippen LogP contribution in [0, 0.1) is 0 Å². The molecule has 1 aromatic carbocycles. The summed E-state index contributed by atoms with van der Waals surface area (Å²) in [5, 5.41) is 22.3. The summed E-state index contributed by atoms with van der Waals surface area (Å²) in [6.07, 6.45) is 4.94. The van der Waals surface area contributed by atoms with E-state index >= 15 is 0 Å². The molecule has 2 N–H and O–H groups in total. The number of pyridine rings is 1. The number of nitrogens with zero attached hydrogens (tertiary/aromatic N) is 4. The van der Waals surface area contributed by atoms with Gasteiger partial charge >= 0.3 is 0 Å².